The van der Waals surface area contributed by atoms with Crippen molar-refractivity contribution >= 4 is 11.9 Å². The van der Waals surface area contributed by atoms with E-state index in [4.69, 9.17) is 10.8 Å². The fourth-order valence-corrected chi connectivity index (χ4v) is 1.49. The van der Waals surface area contributed by atoms with Crippen LogP contribution >= 0.6 is 0 Å². The third kappa shape index (κ3) is 6.08. The zero-order valence-electron chi connectivity index (χ0n) is 11.7. The van der Waals surface area contributed by atoms with Crippen LogP contribution in [-0.2, 0) is 0 Å². The summed E-state index contributed by atoms with van der Waals surface area (Å²) in [6, 6.07) is 6.09. The molecule has 110 valence electrons. The number of phenolic OH excluding ortho intramolecular Hbond substituents is 1. The molecule has 6 heteroatoms. The van der Waals surface area contributed by atoms with E-state index in [1.165, 1.54) is 12.1 Å². The predicted octanol–water partition coefficient (Wildman–Crippen LogP) is 0.826. The summed E-state index contributed by atoms with van der Waals surface area (Å²) in [5, 5.41) is 14.8. The van der Waals surface area contributed by atoms with Gasteiger partial charge < -0.3 is 21.5 Å². The molecule has 1 aromatic rings. The van der Waals surface area contributed by atoms with E-state index in [2.05, 4.69) is 22.5 Å². The molecule has 0 atom stereocenters. The van der Waals surface area contributed by atoms with Crippen molar-refractivity contribution in [2.45, 2.75) is 19.8 Å². The first-order valence-electron chi connectivity index (χ1n) is 6.74. The molecule has 1 rings (SSSR count). The van der Waals surface area contributed by atoms with Gasteiger partial charge in [0.2, 0.25) is 0 Å². The standard InChI is InChI=1S/C14H22N4O2/c1-2-3-8-17-14(15)18-10-9-16-13(20)11-4-6-12(19)7-5-11/h4-7,19H,2-3,8-10H2,1H3,(H,16,20)(H3,15,17,18). The number of unbranched alkanes of at least 4 members (excludes halogenated alkanes) is 1. The van der Waals surface area contributed by atoms with Gasteiger partial charge in [-0.1, -0.05) is 13.3 Å². The molecule has 0 radical (unpaired) electrons. The van der Waals surface area contributed by atoms with Crippen LogP contribution in [0.4, 0.5) is 0 Å². The van der Waals surface area contributed by atoms with Crippen molar-refractivity contribution in [3.63, 3.8) is 0 Å². The number of nitrogens with two attached hydrogens (primary N) is 1. The number of nitrogens with zero attached hydrogens (tertiary/aromatic N) is 1. The average Bonchev–Trinajstić information content (AvgIpc) is 2.44. The largest absolute Gasteiger partial charge is 0.508 e. The fourth-order valence-electron chi connectivity index (χ4n) is 1.49. The van der Waals surface area contributed by atoms with Gasteiger partial charge in [-0.2, -0.15) is 0 Å². The number of carbonyl (C=O) groups is 1. The molecule has 6 nitrogen and oxygen atoms in total. The maximum atomic E-state index is 11.7. The Bertz CT molecular complexity index is 443. The molecule has 0 bridgehead atoms. The number of guanidine groups is 1. The van der Waals surface area contributed by atoms with Gasteiger partial charge in [0.25, 0.3) is 5.91 Å². The van der Waals surface area contributed by atoms with Crippen molar-refractivity contribution in [1.29, 1.82) is 0 Å². The molecule has 0 saturated heterocycles. The number of aromatic hydroxyl groups is 1. The topological polar surface area (TPSA) is 99.7 Å². The van der Waals surface area contributed by atoms with E-state index in [0.29, 0.717) is 24.6 Å². The second kappa shape index (κ2) is 8.79. The molecule has 0 aromatic heterocycles. The van der Waals surface area contributed by atoms with E-state index < -0.39 is 0 Å². The number of hydrogen-bond acceptors (Lipinski definition) is 3. The zero-order valence-corrected chi connectivity index (χ0v) is 11.7. The molecule has 0 unspecified atom stereocenters. The smallest absolute Gasteiger partial charge is 0.251 e. The van der Waals surface area contributed by atoms with E-state index in [9.17, 15) is 4.79 Å². The highest BCUT2D eigenvalue weighted by Crippen LogP contribution is 2.08. The lowest BCUT2D eigenvalue weighted by atomic mass is 10.2. The van der Waals surface area contributed by atoms with Crippen molar-refractivity contribution in [2.24, 2.45) is 10.7 Å². The summed E-state index contributed by atoms with van der Waals surface area (Å²) in [6.07, 6.45) is 2.10. The van der Waals surface area contributed by atoms with E-state index in [-0.39, 0.29) is 11.7 Å². The number of benzene rings is 1. The third-order valence-corrected chi connectivity index (χ3v) is 2.64. The molecule has 0 saturated carbocycles. The molecule has 0 aliphatic carbocycles. The Kier molecular flexibility index (Phi) is 6.95. The van der Waals surface area contributed by atoms with Crippen molar-refractivity contribution in [3.05, 3.63) is 29.8 Å². The number of phenols is 1. The van der Waals surface area contributed by atoms with Crippen LogP contribution < -0.4 is 16.4 Å². The summed E-state index contributed by atoms with van der Waals surface area (Å²) in [5.41, 5.74) is 6.16. The highest BCUT2D eigenvalue weighted by molar-refractivity contribution is 5.94. The Balaban J connectivity index is 2.22. The van der Waals surface area contributed by atoms with Crippen LogP contribution in [0.3, 0.4) is 0 Å². The summed E-state index contributed by atoms with van der Waals surface area (Å²) >= 11 is 0. The van der Waals surface area contributed by atoms with Crippen molar-refractivity contribution in [1.82, 2.24) is 10.6 Å². The van der Waals surface area contributed by atoms with Gasteiger partial charge in [-0.25, -0.2) is 0 Å². The molecule has 0 aliphatic heterocycles. The van der Waals surface area contributed by atoms with Gasteiger partial charge in [0.1, 0.15) is 5.75 Å². The lowest BCUT2D eigenvalue weighted by Crippen LogP contribution is -2.38. The van der Waals surface area contributed by atoms with Gasteiger partial charge in [0.05, 0.1) is 0 Å². The lowest BCUT2D eigenvalue weighted by molar-refractivity contribution is 0.0954. The second-order valence-corrected chi connectivity index (χ2v) is 4.35. The Morgan fingerprint density at radius 3 is 2.55 bits per heavy atom. The summed E-state index contributed by atoms with van der Waals surface area (Å²) in [5.74, 6) is 0.352. The van der Waals surface area contributed by atoms with Gasteiger partial charge in [0.15, 0.2) is 5.96 Å². The Hall–Kier alpha value is -2.24. The molecule has 0 spiro atoms. The number of hydrogen-bond donors (Lipinski definition) is 4. The van der Waals surface area contributed by atoms with Gasteiger partial charge in [-0.05, 0) is 30.7 Å². The SMILES string of the molecule is CCCCN=C(N)NCCNC(=O)c1ccc(O)cc1. The van der Waals surface area contributed by atoms with Gasteiger partial charge in [-0.15, -0.1) is 0 Å². The highest BCUT2D eigenvalue weighted by Gasteiger charge is 2.03. The van der Waals surface area contributed by atoms with Gasteiger partial charge in [-0.3, -0.25) is 9.79 Å². The van der Waals surface area contributed by atoms with Crippen molar-refractivity contribution in [3.8, 4) is 5.75 Å². The number of aliphatic imine (C=N–C) groups is 1. The van der Waals surface area contributed by atoms with Crippen LogP contribution in [0.5, 0.6) is 5.75 Å². The molecular weight excluding hydrogens is 256 g/mol. The molecular formula is C14H22N4O2. The molecule has 5 N–H and O–H groups in total. The average molecular weight is 278 g/mol. The summed E-state index contributed by atoms with van der Waals surface area (Å²) in [7, 11) is 0. The van der Waals surface area contributed by atoms with Crippen molar-refractivity contribution < 1.29 is 9.90 Å². The number of amides is 1. The van der Waals surface area contributed by atoms with E-state index in [1.807, 2.05) is 0 Å². The minimum atomic E-state index is -0.187. The number of carbonyl (C=O) groups excluding carboxylic acids is 1. The van der Waals surface area contributed by atoms with Crippen LogP contribution in [0.15, 0.2) is 29.3 Å². The van der Waals surface area contributed by atoms with Gasteiger partial charge in [0, 0.05) is 25.2 Å². The van der Waals surface area contributed by atoms with E-state index in [0.717, 1.165) is 19.4 Å². The normalized spacial score (nSPS) is 11.2. The van der Waals surface area contributed by atoms with Crippen LogP contribution in [0.25, 0.3) is 0 Å². The minimum Gasteiger partial charge on any atom is -0.508 e. The highest BCUT2D eigenvalue weighted by atomic mass is 16.3. The second-order valence-electron chi connectivity index (χ2n) is 4.35. The summed E-state index contributed by atoms with van der Waals surface area (Å²) in [4.78, 5) is 15.9. The number of nitrogens with one attached hydrogen (secondary N) is 2. The van der Waals surface area contributed by atoms with E-state index >= 15 is 0 Å². The van der Waals surface area contributed by atoms with E-state index in [1.54, 1.807) is 12.1 Å². The molecule has 1 aromatic carbocycles. The van der Waals surface area contributed by atoms with Crippen LogP contribution in [0.2, 0.25) is 0 Å². The monoisotopic (exact) mass is 278 g/mol. The van der Waals surface area contributed by atoms with Gasteiger partial charge >= 0.3 is 0 Å². The predicted molar refractivity (Wildman–Crippen MR) is 79.8 cm³/mol. The third-order valence-electron chi connectivity index (χ3n) is 2.64. The molecule has 0 heterocycles. The first-order chi connectivity index (χ1) is 9.63. The van der Waals surface area contributed by atoms with Crippen LogP contribution in [0, 0.1) is 0 Å². The van der Waals surface area contributed by atoms with Crippen LogP contribution in [0.1, 0.15) is 30.1 Å². The molecule has 20 heavy (non-hydrogen) atoms. The van der Waals surface area contributed by atoms with Crippen LogP contribution in [-0.4, -0.2) is 36.6 Å². The maximum absolute atomic E-state index is 11.7. The first kappa shape index (κ1) is 15.8. The number of rotatable bonds is 7. The quantitative estimate of drug-likeness (QED) is 0.337. The molecule has 0 fully saturated rings. The summed E-state index contributed by atoms with van der Waals surface area (Å²) < 4.78 is 0. The Labute approximate surface area is 119 Å². The lowest BCUT2D eigenvalue weighted by Gasteiger charge is -2.07. The molecule has 0 aliphatic rings. The minimum absolute atomic E-state index is 0.138. The Morgan fingerprint density at radius 2 is 1.90 bits per heavy atom. The Morgan fingerprint density at radius 1 is 1.25 bits per heavy atom. The van der Waals surface area contributed by atoms with Crippen molar-refractivity contribution in [2.75, 3.05) is 19.6 Å². The maximum Gasteiger partial charge on any atom is 0.251 e. The zero-order chi connectivity index (χ0) is 14.8. The molecule has 1 amide bonds. The summed E-state index contributed by atoms with van der Waals surface area (Å²) in [6.45, 7) is 3.78. The fraction of sp³-hybridized carbons (Fsp3) is 0.429. The first-order valence-corrected chi connectivity index (χ1v) is 6.74.